The third-order valence-electron chi connectivity index (χ3n) is 3.08. The molecule has 0 aliphatic heterocycles. The number of nitrogens with zero attached hydrogens (tertiary/aromatic N) is 1. The monoisotopic (exact) mass is 303 g/mol. The Labute approximate surface area is 129 Å². The molecule has 0 aromatic carbocycles. The molecule has 0 rings (SSSR count). The van der Waals surface area contributed by atoms with Crippen LogP contribution < -0.4 is 5.73 Å². The average molecular weight is 303 g/mol. The lowest BCUT2D eigenvalue weighted by Gasteiger charge is -2.19. The fourth-order valence-corrected chi connectivity index (χ4v) is 1.69. The Morgan fingerprint density at radius 3 is 2.00 bits per heavy atom. The number of rotatable bonds is 16. The molecular formula is C15H33N3O3. The van der Waals surface area contributed by atoms with Crippen LogP contribution >= 0.6 is 0 Å². The molecule has 0 aromatic rings. The molecule has 0 fully saturated rings. The predicted octanol–water partition coefficient (Wildman–Crippen LogP) is 1.48. The van der Waals surface area contributed by atoms with Gasteiger partial charge in [-0.05, 0) is 13.0 Å². The van der Waals surface area contributed by atoms with Gasteiger partial charge in [0.2, 0.25) is 0 Å². The van der Waals surface area contributed by atoms with Crippen molar-refractivity contribution in [2.24, 2.45) is 5.73 Å². The molecule has 0 aliphatic rings. The van der Waals surface area contributed by atoms with Crippen molar-refractivity contribution >= 4 is 5.84 Å². The van der Waals surface area contributed by atoms with Crippen molar-refractivity contribution in [3.8, 4) is 0 Å². The summed E-state index contributed by atoms with van der Waals surface area (Å²) in [7, 11) is 0. The van der Waals surface area contributed by atoms with E-state index in [-0.39, 0.29) is 5.84 Å². The largest absolute Gasteiger partial charge is 0.388 e. The maximum atomic E-state index is 7.22. The normalized spacial score (nSPS) is 11.2. The van der Waals surface area contributed by atoms with Gasteiger partial charge < -0.3 is 24.8 Å². The van der Waals surface area contributed by atoms with E-state index in [0.717, 1.165) is 39.1 Å². The molecule has 0 aromatic heterocycles. The molecule has 0 heterocycles. The predicted molar refractivity (Wildman–Crippen MR) is 86.0 cm³/mol. The van der Waals surface area contributed by atoms with Crippen molar-refractivity contribution in [3.05, 3.63) is 0 Å². The minimum Gasteiger partial charge on any atom is -0.388 e. The molecule has 0 spiro atoms. The zero-order valence-electron chi connectivity index (χ0n) is 13.7. The molecule has 0 amide bonds. The molecule has 126 valence electrons. The van der Waals surface area contributed by atoms with E-state index in [1.54, 1.807) is 0 Å². The summed E-state index contributed by atoms with van der Waals surface area (Å²) in [5.41, 5.74) is 5.36. The second-order valence-electron chi connectivity index (χ2n) is 4.90. The van der Waals surface area contributed by atoms with Gasteiger partial charge >= 0.3 is 0 Å². The molecule has 6 nitrogen and oxygen atoms in total. The van der Waals surface area contributed by atoms with Crippen LogP contribution in [0.25, 0.3) is 0 Å². The number of amidine groups is 1. The highest BCUT2D eigenvalue weighted by molar-refractivity contribution is 5.76. The van der Waals surface area contributed by atoms with E-state index < -0.39 is 0 Å². The fourth-order valence-electron chi connectivity index (χ4n) is 1.69. The molecule has 0 saturated carbocycles. The SMILES string of the molecule is CCCCOCCOCCOCCN(CC)CCC(=N)N. The third-order valence-corrected chi connectivity index (χ3v) is 3.08. The molecule has 0 bridgehead atoms. The Kier molecular flexibility index (Phi) is 15.2. The van der Waals surface area contributed by atoms with Gasteiger partial charge in [0.25, 0.3) is 0 Å². The number of hydrogen-bond acceptors (Lipinski definition) is 5. The van der Waals surface area contributed by atoms with Crippen LogP contribution in [0.3, 0.4) is 0 Å². The number of nitrogens with one attached hydrogen (secondary N) is 1. The number of nitrogens with two attached hydrogens (primary N) is 1. The van der Waals surface area contributed by atoms with Gasteiger partial charge in [-0.1, -0.05) is 20.3 Å². The molecule has 3 N–H and O–H groups in total. The summed E-state index contributed by atoms with van der Waals surface area (Å²) in [5.74, 6) is 0.240. The van der Waals surface area contributed by atoms with Crippen molar-refractivity contribution in [3.63, 3.8) is 0 Å². The summed E-state index contributed by atoms with van der Waals surface area (Å²) in [6, 6.07) is 0. The van der Waals surface area contributed by atoms with E-state index in [1.807, 2.05) is 0 Å². The molecular weight excluding hydrogens is 270 g/mol. The lowest BCUT2D eigenvalue weighted by molar-refractivity contribution is 0.0105. The van der Waals surface area contributed by atoms with E-state index in [0.29, 0.717) is 39.5 Å². The summed E-state index contributed by atoms with van der Waals surface area (Å²) in [5, 5.41) is 7.22. The first-order valence-corrected chi connectivity index (χ1v) is 7.99. The molecule has 0 aliphatic carbocycles. The van der Waals surface area contributed by atoms with E-state index >= 15 is 0 Å². The summed E-state index contributed by atoms with van der Waals surface area (Å²) in [6.07, 6.45) is 2.89. The second kappa shape index (κ2) is 15.7. The Balaban J connectivity index is 3.24. The number of unbranched alkanes of at least 4 members (excludes halogenated alkanes) is 1. The van der Waals surface area contributed by atoms with Crippen molar-refractivity contribution in [1.82, 2.24) is 4.90 Å². The quantitative estimate of drug-likeness (QED) is 0.256. The smallest absolute Gasteiger partial charge is 0.0918 e. The Hall–Kier alpha value is -0.690. The highest BCUT2D eigenvalue weighted by Crippen LogP contribution is 1.92. The highest BCUT2D eigenvalue weighted by Gasteiger charge is 2.02. The molecule has 0 atom stereocenters. The zero-order valence-corrected chi connectivity index (χ0v) is 13.7. The topological polar surface area (TPSA) is 80.8 Å². The van der Waals surface area contributed by atoms with Crippen molar-refractivity contribution in [1.29, 1.82) is 5.41 Å². The molecule has 0 unspecified atom stereocenters. The van der Waals surface area contributed by atoms with Gasteiger partial charge in [0.05, 0.1) is 38.9 Å². The number of hydrogen-bond donors (Lipinski definition) is 2. The van der Waals surface area contributed by atoms with Gasteiger partial charge in [-0.25, -0.2) is 0 Å². The maximum Gasteiger partial charge on any atom is 0.0918 e. The van der Waals surface area contributed by atoms with Crippen LogP contribution in [0, 0.1) is 5.41 Å². The standard InChI is InChI=1S/C15H33N3O3/c1-3-5-9-19-11-13-21-14-12-20-10-8-18(4-2)7-6-15(16)17/h3-14H2,1-2H3,(H3,16,17). The summed E-state index contributed by atoms with van der Waals surface area (Å²) < 4.78 is 16.3. The van der Waals surface area contributed by atoms with Crippen LogP contribution in [0.15, 0.2) is 0 Å². The first-order valence-electron chi connectivity index (χ1n) is 7.99. The Morgan fingerprint density at radius 2 is 1.48 bits per heavy atom. The Bertz CT molecular complexity index is 240. The van der Waals surface area contributed by atoms with Crippen LogP contribution in [0.2, 0.25) is 0 Å². The maximum absolute atomic E-state index is 7.22. The molecule has 0 radical (unpaired) electrons. The highest BCUT2D eigenvalue weighted by atomic mass is 16.5. The lowest BCUT2D eigenvalue weighted by atomic mass is 10.3. The van der Waals surface area contributed by atoms with Gasteiger partial charge in [-0.3, -0.25) is 5.41 Å². The minimum atomic E-state index is 0.240. The van der Waals surface area contributed by atoms with Gasteiger partial charge in [0.1, 0.15) is 0 Å². The van der Waals surface area contributed by atoms with E-state index in [2.05, 4.69) is 18.7 Å². The first-order chi connectivity index (χ1) is 10.2. The zero-order chi connectivity index (χ0) is 15.8. The lowest BCUT2D eigenvalue weighted by Crippen LogP contribution is -2.31. The molecule has 0 saturated heterocycles. The summed E-state index contributed by atoms with van der Waals surface area (Å²) >= 11 is 0. The second-order valence-corrected chi connectivity index (χ2v) is 4.90. The van der Waals surface area contributed by atoms with Gasteiger partial charge in [0, 0.05) is 26.1 Å². The van der Waals surface area contributed by atoms with Crippen LogP contribution in [0.1, 0.15) is 33.1 Å². The van der Waals surface area contributed by atoms with Crippen molar-refractivity contribution in [2.45, 2.75) is 33.1 Å². The number of likely N-dealkylation sites (N-methyl/N-ethyl adjacent to an activating group) is 1. The summed E-state index contributed by atoms with van der Waals surface area (Å²) in [6.45, 7) is 10.9. The van der Waals surface area contributed by atoms with Crippen LogP contribution in [0.5, 0.6) is 0 Å². The van der Waals surface area contributed by atoms with Crippen LogP contribution in [0.4, 0.5) is 0 Å². The third kappa shape index (κ3) is 15.5. The van der Waals surface area contributed by atoms with Crippen LogP contribution in [-0.2, 0) is 14.2 Å². The van der Waals surface area contributed by atoms with Crippen LogP contribution in [-0.4, -0.2) is 70.0 Å². The first kappa shape index (κ1) is 20.3. The van der Waals surface area contributed by atoms with Gasteiger partial charge in [-0.15, -0.1) is 0 Å². The van der Waals surface area contributed by atoms with Crippen molar-refractivity contribution in [2.75, 3.05) is 59.3 Å². The van der Waals surface area contributed by atoms with Crippen molar-refractivity contribution < 1.29 is 14.2 Å². The average Bonchev–Trinajstić information content (AvgIpc) is 2.47. The summed E-state index contributed by atoms with van der Waals surface area (Å²) in [4.78, 5) is 2.23. The van der Waals surface area contributed by atoms with E-state index in [1.165, 1.54) is 0 Å². The molecule has 6 heteroatoms. The minimum absolute atomic E-state index is 0.240. The number of ether oxygens (including phenoxy) is 3. The van der Waals surface area contributed by atoms with E-state index in [4.69, 9.17) is 25.4 Å². The molecule has 21 heavy (non-hydrogen) atoms. The Morgan fingerprint density at radius 1 is 0.905 bits per heavy atom. The van der Waals surface area contributed by atoms with Gasteiger partial charge in [0.15, 0.2) is 0 Å². The van der Waals surface area contributed by atoms with Gasteiger partial charge in [-0.2, -0.15) is 0 Å². The van der Waals surface area contributed by atoms with E-state index in [9.17, 15) is 0 Å². The fraction of sp³-hybridized carbons (Fsp3) is 0.933.